The molecule has 7 rings (SSSR count). The number of likely N-dealkylation sites (tertiary alicyclic amines) is 1. The Morgan fingerprint density at radius 3 is 2.18 bits per heavy atom. The van der Waals surface area contributed by atoms with Crippen molar-refractivity contribution in [2.24, 2.45) is 34.2 Å². The minimum absolute atomic E-state index is 0.00316. The molecule has 6 N–H and O–H groups in total. The van der Waals surface area contributed by atoms with E-state index in [1.54, 1.807) is 16.2 Å². The van der Waals surface area contributed by atoms with E-state index < -0.39 is 12.1 Å². The van der Waals surface area contributed by atoms with Crippen molar-refractivity contribution in [1.29, 1.82) is 0 Å². The lowest BCUT2D eigenvalue weighted by Crippen LogP contribution is -2.64. The lowest BCUT2D eigenvalue weighted by Gasteiger charge is -2.44. The number of rotatable bonds is 12. The van der Waals surface area contributed by atoms with E-state index in [4.69, 9.17) is 21.2 Å². The number of benzene rings is 1. The van der Waals surface area contributed by atoms with Gasteiger partial charge >= 0.3 is 0 Å². The van der Waals surface area contributed by atoms with Gasteiger partial charge in [-0.3, -0.25) is 19.2 Å². The van der Waals surface area contributed by atoms with Crippen molar-refractivity contribution in [1.82, 2.24) is 25.3 Å². The predicted octanol–water partition coefficient (Wildman–Crippen LogP) is 3.54. The quantitative estimate of drug-likeness (QED) is 0.253. The number of nitrogens with one attached hydrogen (secondary N) is 2. The monoisotopic (exact) mass is 788 g/mol. The zero-order chi connectivity index (χ0) is 39.2. The highest BCUT2D eigenvalue weighted by Gasteiger charge is 2.43. The number of hydrogen-bond donors (Lipinski definition) is 4. The van der Waals surface area contributed by atoms with Crippen molar-refractivity contribution >= 4 is 41.0 Å². The Hall–Kier alpha value is -4.01. The highest BCUT2D eigenvalue weighted by atomic mass is 32.1. The second kappa shape index (κ2) is 18.5. The number of primary amides is 2. The van der Waals surface area contributed by atoms with Crippen LogP contribution in [0, 0.1) is 17.8 Å². The van der Waals surface area contributed by atoms with Gasteiger partial charge in [0.25, 0.3) is 6.02 Å². The Labute approximate surface area is 334 Å². The van der Waals surface area contributed by atoms with Crippen LogP contribution in [0.15, 0.2) is 52.8 Å². The molecule has 14 heteroatoms. The highest BCUT2D eigenvalue weighted by Crippen LogP contribution is 2.34. The van der Waals surface area contributed by atoms with E-state index in [1.807, 2.05) is 59.7 Å². The van der Waals surface area contributed by atoms with Crippen LogP contribution in [0.25, 0.3) is 0 Å². The molecule has 0 spiro atoms. The standard InChI is InChI=1S/C42H60N8O5S/c1-27-37(29-6-3-2-4-7-29)55-42(46-27)49-21-22-50(36(26-49)40(53)45-25-34-8-5-23-56-34)41(54)35(47-32-13-9-30(10-14-32)38(43)51)24-28-17-19-48(20-18-28)33-15-11-31(12-16-33)39(44)52/h2-8,23,27-28,30-33,35-37,47H,9-22,24-26H2,1H3,(H2,43,51)(H2,44,52)(H,45,53)/t27-,30?,31?,32?,33?,35?,36-,37+/m0/s1. The first kappa shape index (κ1) is 40.2. The molecule has 0 bridgehead atoms. The molecule has 2 aromatic rings. The van der Waals surface area contributed by atoms with Gasteiger partial charge in [0, 0.05) is 41.9 Å². The number of aliphatic imine (C=N–C) groups is 1. The van der Waals surface area contributed by atoms with E-state index >= 15 is 0 Å². The van der Waals surface area contributed by atoms with E-state index in [1.165, 1.54) is 0 Å². The van der Waals surface area contributed by atoms with Gasteiger partial charge in [-0.05, 0) is 114 Å². The second-order valence-corrected chi connectivity index (χ2v) is 17.7. The Balaban J connectivity index is 1.05. The predicted molar refractivity (Wildman–Crippen MR) is 216 cm³/mol. The van der Waals surface area contributed by atoms with Gasteiger partial charge < -0.3 is 41.5 Å². The number of piperazine rings is 1. The summed E-state index contributed by atoms with van der Waals surface area (Å²) in [5.41, 5.74) is 12.3. The van der Waals surface area contributed by atoms with Crippen molar-refractivity contribution in [3.05, 3.63) is 58.3 Å². The number of amidine groups is 1. The summed E-state index contributed by atoms with van der Waals surface area (Å²) in [6.07, 6.45) is 9.15. The molecular weight excluding hydrogens is 729 g/mol. The number of ether oxygens (including phenoxy) is 1. The number of amides is 4. The first-order valence-electron chi connectivity index (χ1n) is 20.9. The van der Waals surface area contributed by atoms with Crippen LogP contribution in [0.5, 0.6) is 0 Å². The fourth-order valence-electron chi connectivity index (χ4n) is 9.66. The minimum Gasteiger partial charge on any atom is -0.455 e. The second-order valence-electron chi connectivity index (χ2n) is 16.7. The molecule has 5 aliphatic rings. The van der Waals surface area contributed by atoms with Gasteiger partial charge in [-0.1, -0.05) is 36.4 Å². The number of hydrogen-bond acceptors (Lipinski definition) is 10. The first-order chi connectivity index (χ1) is 27.1. The molecule has 4 amide bonds. The molecule has 13 nitrogen and oxygen atoms in total. The summed E-state index contributed by atoms with van der Waals surface area (Å²) < 4.78 is 6.46. The molecule has 304 valence electrons. The van der Waals surface area contributed by atoms with Gasteiger partial charge in [0.15, 0.2) is 0 Å². The summed E-state index contributed by atoms with van der Waals surface area (Å²) in [5, 5.41) is 8.89. The van der Waals surface area contributed by atoms with Gasteiger partial charge in [0.2, 0.25) is 23.6 Å². The van der Waals surface area contributed by atoms with Crippen LogP contribution < -0.4 is 22.1 Å². The van der Waals surface area contributed by atoms with Gasteiger partial charge in [-0.25, -0.2) is 4.99 Å². The summed E-state index contributed by atoms with van der Waals surface area (Å²) in [4.78, 5) is 65.2. The Bertz CT molecular complexity index is 1670. The van der Waals surface area contributed by atoms with Crippen molar-refractivity contribution < 1.29 is 23.9 Å². The topological polar surface area (TPSA) is 176 Å². The SMILES string of the molecule is C[C@@H]1N=C(N2CCN(C(=O)C(CC3CCN(C4CCC(C(N)=O)CC4)CC3)NC3CCC(C(N)=O)CC3)[C@H](C(=O)NCc3cccs3)C2)O[C@H]1c1ccccc1. The van der Waals surface area contributed by atoms with Crippen LogP contribution in [-0.2, 0) is 30.5 Å². The third-order valence-electron chi connectivity index (χ3n) is 13.1. The van der Waals surface area contributed by atoms with Crippen LogP contribution in [0.3, 0.4) is 0 Å². The van der Waals surface area contributed by atoms with Gasteiger partial charge in [0.1, 0.15) is 12.1 Å². The molecule has 56 heavy (non-hydrogen) atoms. The molecular formula is C42H60N8O5S. The van der Waals surface area contributed by atoms with Gasteiger partial charge in [-0.2, -0.15) is 0 Å². The molecule has 4 heterocycles. The van der Waals surface area contributed by atoms with Gasteiger partial charge in [-0.15, -0.1) is 11.3 Å². The molecule has 2 saturated carbocycles. The molecule has 3 aliphatic heterocycles. The average Bonchev–Trinajstić information content (AvgIpc) is 3.90. The fourth-order valence-corrected chi connectivity index (χ4v) is 10.3. The van der Waals surface area contributed by atoms with E-state index in [2.05, 4.69) is 15.5 Å². The summed E-state index contributed by atoms with van der Waals surface area (Å²) in [6.45, 7) is 5.52. The zero-order valence-corrected chi connectivity index (χ0v) is 33.5. The molecule has 2 saturated heterocycles. The number of nitrogens with two attached hydrogens (primary N) is 2. The van der Waals surface area contributed by atoms with Crippen molar-refractivity contribution in [3.8, 4) is 0 Å². The number of nitrogens with zero attached hydrogens (tertiary/aromatic N) is 4. The van der Waals surface area contributed by atoms with Gasteiger partial charge in [0.05, 0.1) is 25.2 Å². The number of thiophene rings is 1. The molecule has 1 unspecified atom stereocenters. The zero-order valence-electron chi connectivity index (χ0n) is 32.7. The number of carbonyl (C=O) groups is 4. The molecule has 1 aromatic heterocycles. The molecule has 2 aliphatic carbocycles. The van der Waals surface area contributed by atoms with E-state index in [-0.39, 0.29) is 60.2 Å². The van der Waals surface area contributed by atoms with E-state index in [9.17, 15) is 19.2 Å². The summed E-state index contributed by atoms with van der Waals surface area (Å²) >= 11 is 1.59. The van der Waals surface area contributed by atoms with E-state index in [0.717, 1.165) is 74.9 Å². The minimum atomic E-state index is -0.735. The van der Waals surface area contributed by atoms with Crippen molar-refractivity contribution in [3.63, 3.8) is 0 Å². The lowest BCUT2D eigenvalue weighted by molar-refractivity contribution is -0.145. The number of carbonyl (C=O) groups excluding carboxylic acids is 4. The maximum Gasteiger partial charge on any atom is 0.288 e. The molecule has 0 radical (unpaired) electrons. The summed E-state index contributed by atoms with van der Waals surface area (Å²) in [7, 11) is 0. The van der Waals surface area contributed by atoms with Crippen LogP contribution in [-0.4, -0.2) is 107 Å². The molecule has 1 aromatic carbocycles. The fraction of sp³-hybridized carbons (Fsp3) is 0.643. The third-order valence-corrected chi connectivity index (χ3v) is 13.9. The lowest BCUT2D eigenvalue weighted by atomic mass is 9.82. The smallest absolute Gasteiger partial charge is 0.288 e. The Morgan fingerprint density at radius 2 is 1.54 bits per heavy atom. The van der Waals surface area contributed by atoms with Crippen molar-refractivity contribution in [2.45, 2.75) is 120 Å². The molecule has 4 fully saturated rings. The number of piperidine rings is 1. The van der Waals surface area contributed by atoms with E-state index in [0.29, 0.717) is 56.9 Å². The highest BCUT2D eigenvalue weighted by molar-refractivity contribution is 7.09. The Morgan fingerprint density at radius 1 is 0.857 bits per heavy atom. The summed E-state index contributed by atoms with van der Waals surface area (Å²) in [5.74, 6) is -0.445. The van der Waals surface area contributed by atoms with Crippen molar-refractivity contribution in [2.75, 3.05) is 32.7 Å². The maximum atomic E-state index is 15.0. The first-order valence-corrected chi connectivity index (χ1v) is 21.7. The normalized spacial score (nSPS) is 29.6. The Kier molecular flexibility index (Phi) is 13.3. The summed E-state index contributed by atoms with van der Waals surface area (Å²) in [6, 6.07) is 13.8. The van der Waals surface area contributed by atoms with Crippen LogP contribution in [0.4, 0.5) is 0 Å². The molecule has 4 atom stereocenters. The van der Waals surface area contributed by atoms with Crippen LogP contribution in [0.2, 0.25) is 0 Å². The van der Waals surface area contributed by atoms with Crippen LogP contribution >= 0.6 is 11.3 Å². The third kappa shape index (κ3) is 9.74. The average molecular weight is 789 g/mol. The largest absolute Gasteiger partial charge is 0.455 e. The van der Waals surface area contributed by atoms with Crippen LogP contribution in [0.1, 0.15) is 94.1 Å². The maximum absolute atomic E-state index is 15.0.